The predicted octanol–water partition coefficient (Wildman–Crippen LogP) is 5.58. The predicted molar refractivity (Wildman–Crippen MR) is 84.9 cm³/mol. The lowest BCUT2D eigenvalue weighted by Crippen LogP contribution is -2.14. The molecule has 2 aromatic rings. The van der Waals surface area contributed by atoms with Crippen LogP contribution in [0.3, 0.4) is 0 Å². The number of carbonyl (C=O) groups is 1. The number of aryl methyl sites for hydroxylation is 1. The molecule has 0 radical (unpaired) electrons. The van der Waals surface area contributed by atoms with Crippen molar-refractivity contribution in [3.8, 4) is 0 Å². The molecule has 2 rings (SSSR count). The fraction of sp³-hybridized carbons (Fsp3) is 0.188. The fourth-order valence-electron chi connectivity index (χ4n) is 1.99. The minimum absolute atomic E-state index is 0.0471. The number of amides is 1. The molecule has 0 saturated carbocycles. The molecule has 0 aliphatic rings. The summed E-state index contributed by atoms with van der Waals surface area (Å²) in [5.74, 6) is -0.402. The Bertz CT molecular complexity index is 717. The SMILES string of the molecule is O=C(CCc1ccccc1Cl)Nc1ccc(Cl)c(C(F)(F)F)c1. The molecule has 23 heavy (non-hydrogen) atoms. The van der Waals surface area contributed by atoms with Crippen LogP contribution in [-0.2, 0) is 17.4 Å². The molecule has 0 heterocycles. The molecule has 0 aliphatic heterocycles. The van der Waals surface area contributed by atoms with Gasteiger partial charge in [0.2, 0.25) is 5.91 Å². The van der Waals surface area contributed by atoms with E-state index in [9.17, 15) is 18.0 Å². The lowest BCUT2D eigenvalue weighted by atomic mass is 10.1. The number of halogens is 5. The molecule has 2 nitrogen and oxygen atoms in total. The first-order valence-corrected chi connectivity index (χ1v) is 7.43. The van der Waals surface area contributed by atoms with E-state index in [2.05, 4.69) is 5.32 Å². The van der Waals surface area contributed by atoms with Gasteiger partial charge in [0.25, 0.3) is 0 Å². The zero-order valence-corrected chi connectivity index (χ0v) is 13.3. The molecule has 2 aromatic carbocycles. The largest absolute Gasteiger partial charge is 0.417 e. The van der Waals surface area contributed by atoms with Gasteiger partial charge in [-0.15, -0.1) is 0 Å². The van der Waals surface area contributed by atoms with Crippen molar-refractivity contribution in [2.75, 3.05) is 5.32 Å². The summed E-state index contributed by atoms with van der Waals surface area (Å²) >= 11 is 11.5. The maximum absolute atomic E-state index is 12.8. The van der Waals surface area contributed by atoms with Gasteiger partial charge in [0.15, 0.2) is 0 Å². The highest BCUT2D eigenvalue weighted by Crippen LogP contribution is 2.36. The highest BCUT2D eigenvalue weighted by atomic mass is 35.5. The summed E-state index contributed by atoms with van der Waals surface area (Å²) < 4.78 is 38.3. The minimum Gasteiger partial charge on any atom is -0.326 e. The van der Waals surface area contributed by atoms with E-state index in [1.807, 2.05) is 0 Å². The van der Waals surface area contributed by atoms with Crippen molar-refractivity contribution in [1.82, 2.24) is 0 Å². The number of nitrogens with one attached hydrogen (secondary N) is 1. The van der Waals surface area contributed by atoms with Gasteiger partial charge in [0.05, 0.1) is 10.6 Å². The van der Waals surface area contributed by atoms with E-state index in [1.54, 1.807) is 24.3 Å². The van der Waals surface area contributed by atoms with Crippen LogP contribution in [0.1, 0.15) is 17.5 Å². The van der Waals surface area contributed by atoms with E-state index in [1.165, 1.54) is 6.07 Å². The standard InChI is InChI=1S/C16H12Cl2F3NO/c17-13-4-2-1-3-10(13)5-8-15(23)22-11-6-7-14(18)12(9-11)16(19,20)21/h1-4,6-7,9H,5,8H2,(H,22,23). The van der Waals surface area contributed by atoms with E-state index in [0.29, 0.717) is 11.4 Å². The fourth-order valence-corrected chi connectivity index (χ4v) is 2.45. The average molecular weight is 362 g/mol. The van der Waals surface area contributed by atoms with Crippen LogP contribution < -0.4 is 5.32 Å². The maximum Gasteiger partial charge on any atom is 0.417 e. The topological polar surface area (TPSA) is 29.1 Å². The zero-order chi connectivity index (χ0) is 17.0. The number of hydrogen-bond donors (Lipinski definition) is 1. The monoisotopic (exact) mass is 361 g/mol. The van der Waals surface area contributed by atoms with E-state index in [-0.39, 0.29) is 12.1 Å². The second kappa shape index (κ2) is 7.23. The Morgan fingerprint density at radius 3 is 2.39 bits per heavy atom. The van der Waals surface area contributed by atoms with Crippen LogP contribution in [0.5, 0.6) is 0 Å². The van der Waals surface area contributed by atoms with Gasteiger partial charge in [-0.1, -0.05) is 41.4 Å². The molecule has 122 valence electrons. The highest BCUT2D eigenvalue weighted by molar-refractivity contribution is 6.31. The first kappa shape index (κ1) is 17.6. The Kier molecular flexibility index (Phi) is 5.55. The smallest absolute Gasteiger partial charge is 0.326 e. The van der Waals surface area contributed by atoms with Gasteiger partial charge in [-0.2, -0.15) is 13.2 Å². The second-order valence-electron chi connectivity index (χ2n) is 4.83. The molecule has 7 heteroatoms. The van der Waals surface area contributed by atoms with E-state index >= 15 is 0 Å². The summed E-state index contributed by atoms with van der Waals surface area (Å²) in [6.45, 7) is 0. The minimum atomic E-state index is -4.57. The van der Waals surface area contributed by atoms with Crippen LogP contribution >= 0.6 is 23.2 Å². The molecular formula is C16H12Cl2F3NO. The van der Waals surface area contributed by atoms with Gasteiger partial charge >= 0.3 is 6.18 Å². The molecule has 0 bridgehead atoms. The second-order valence-corrected chi connectivity index (χ2v) is 5.65. The third-order valence-electron chi connectivity index (χ3n) is 3.13. The van der Waals surface area contributed by atoms with Crippen molar-refractivity contribution in [3.05, 3.63) is 63.6 Å². The van der Waals surface area contributed by atoms with Crippen molar-refractivity contribution in [2.45, 2.75) is 19.0 Å². The number of benzene rings is 2. The summed E-state index contributed by atoms with van der Waals surface area (Å²) in [7, 11) is 0. The lowest BCUT2D eigenvalue weighted by Gasteiger charge is -2.12. The van der Waals surface area contributed by atoms with E-state index in [0.717, 1.165) is 17.7 Å². The highest BCUT2D eigenvalue weighted by Gasteiger charge is 2.33. The Hall–Kier alpha value is -1.72. The van der Waals surface area contributed by atoms with Crippen LogP contribution in [-0.4, -0.2) is 5.91 Å². The van der Waals surface area contributed by atoms with Crippen LogP contribution in [0.2, 0.25) is 10.0 Å². The first-order valence-electron chi connectivity index (χ1n) is 6.67. The van der Waals surface area contributed by atoms with Gasteiger partial charge < -0.3 is 5.32 Å². The Balaban J connectivity index is 2.02. The van der Waals surface area contributed by atoms with Gasteiger partial charge in [0.1, 0.15) is 0 Å². The molecule has 0 aromatic heterocycles. The normalized spacial score (nSPS) is 11.3. The van der Waals surface area contributed by atoms with Gasteiger partial charge in [-0.25, -0.2) is 0 Å². The summed E-state index contributed by atoms with van der Waals surface area (Å²) in [6, 6.07) is 10.3. The third-order valence-corrected chi connectivity index (χ3v) is 3.83. The molecule has 1 N–H and O–H groups in total. The number of rotatable bonds is 4. The Morgan fingerprint density at radius 1 is 1.04 bits per heavy atom. The van der Waals surface area contributed by atoms with Gasteiger partial charge in [-0.05, 0) is 36.2 Å². The Labute approximate surface area is 141 Å². The number of carbonyl (C=O) groups excluding carboxylic acids is 1. The van der Waals surface area contributed by atoms with Crippen LogP contribution in [0.25, 0.3) is 0 Å². The number of hydrogen-bond acceptors (Lipinski definition) is 1. The summed E-state index contributed by atoms with van der Waals surface area (Å²) in [5.41, 5.74) is -0.134. The first-order chi connectivity index (χ1) is 10.8. The molecule has 0 spiro atoms. The molecule has 1 amide bonds. The number of alkyl halides is 3. The molecule has 0 aliphatic carbocycles. The summed E-state index contributed by atoms with van der Waals surface area (Å²) in [4.78, 5) is 11.9. The lowest BCUT2D eigenvalue weighted by molar-refractivity contribution is -0.137. The van der Waals surface area contributed by atoms with Crippen molar-refractivity contribution in [3.63, 3.8) is 0 Å². The summed E-state index contributed by atoms with van der Waals surface area (Å²) in [6.07, 6.45) is -4.08. The van der Waals surface area contributed by atoms with Gasteiger partial charge in [-0.3, -0.25) is 4.79 Å². The van der Waals surface area contributed by atoms with Crippen molar-refractivity contribution < 1.29 is 18.0 Å². The van der Waals surface area contributed by atoms with Crippen molar-refractivity contribution in [2.24, 2.45) is 0 Å². The molecular weight excluding hydrogens is 350 g/mol. The van der Waals surface area contributed by atoms with Gasteiger partial charge in [0, 0.05) is 17.1 Å². The molecule has 0 fully saturated rings. The summed E-state index contributed by atoms with van der Waals surface area (Å²) in [5, 5.41) is 2.57. The maximum atomic E-state index is 12.8. The molecule has 0 atom stereocenters. The van der Waals surface area contributed by atoms with Crippen LogP contribution in [0, 0.1) is 0 Å². The Morgan fingerprint density at radius 2 is 1.74 bits per heavy atom. The number of anilines is 1. The van der Waals surface area contributed by atoms with Crippen LogP contribution in [0.4, 0.5) is 18.9 Å². The van der Waals surface area contributed by atoms with Crippen molar-refractivity contribution in [1.29, 1.82) is 0 Å². The average Bonchev–Trinajstić information content (AvgIpc) is 2.47. The van der Waals surface area contributed by atoms with E-state index < -0.39 is 22.7 Å². The molecule has 0 unspecified atom stereocenters. The van der Waals surface area contributed by atoms with E-state index in [4.69, 9.17) is 23.2 Å². The third kappa shape index (κ3) is 4.88. The van der Waals surface area contributed by atoms with Crippen molar-refractivity contribution >= 4 is 34.8 Å². The van der Waals surface area contributed by atoms with Crippen LogP contribution in [0.15, 0.2) is 42.5 Å². The quantitative estimate of drug-likeness (QED) is 0.756. The molecule has 0 saturated heterocycles. The zero-order valence-electron chi connectivity index (χ0n) is 11.8.